The molecule has 1 aromatic heterocycles. The second-order valence-electron chi connectivity index (χ2n) is 5.98. The van der Waals surface area contributed by atoms with Crippen LogP contribution in [-0.4, -0.2) is 44.4 Å². The summed E-state index contributed by atoms with van der Waals surface area (Å²) in [6, 6.07) is 3.25. The molecule has 0 atom stereocenters. The van der Waals surface area contributed by atoms with Crippen LogP contribution in [-0.2, 0) is 16.6 Å². The smallest absolute Gasteiger partial charge is 0.276 e. The summed E-state index contributed by atoms with van der Waals surface area (Å²) in [5.74, 6) is 0.633. The number of rotatable bonds is 4. The summed E-state index contributed by atoms with van der Waals surface area (Å²) in [6.07, 6.45) is 0. The highest BCUT2D eigenvalue weighted by atomic mass is 32.2. The van der Waals surface area contributed by atoms with E-state index >= 15 is 0 Å². The van der Waals surface area contributed by atoms with Crippen LogP contribution in [0.5, 0.6) is 0 Å². The van der Waals surface area contributed by atoms with Crippen molar-refractivity contribution in [3.63, 3.8) is 0 Å². The normalized spacial score (nSPS) is 18.4. The van der Waals surface area contributed by atoms with Crippen LogP contribution in [0.15, 0.2) is 21.6 Å². The minimum absolute atomic E-state index is 0.0325. The first-order chi connectivity index (χ1) is 9.29. The highest BCUT2D eigenvalue weighted by Crippen LogP contribution is 2.19. The fourth-order valence-electron chi connectivity index (χ4n) is 1.96. The molecule has 0 unspecified atom stereocenters. The van der Waals surface area contributed by atoms with Crippen LogP contribution in [0, 0.1) is 0 Å². The molecule has 0 aliphatic carbocycles. The Hall–Kier alpha value is -0.890. The van der Waals surface area contributed by atoms with Gasteiger partial charge >= 0.3 is 0 Å². The van der Waals surface area contributed by atoms with E-state index in [0.717, 1.165) is 0 Å². The molecular formula is C13H23N3O3S. The van der Waals surface area contributed by atoms with Gasteiger partial charge in [0.25, 0.3) is 10.0 Å². The van der Waals surface area contributed by atoms with E-state index < -0.39 is 10.0 Å². The van der Waals surface area contributed by atoms with E-state index in [1.807, 2.05) is 20.8 Å². The van der Waals surface area contributed by atoms with E-state index in [1.165, 1.54) is 10.4 Å². The summed E-state index contributed by atoms with van der Waals surface area (Å²) in [4.78, 5) is 0. The molecule has 6 nitrogen and oxygen atoms in total. The van der Waals surface area contributed by atoms with Crippen LogP contribution >= 0.6 is 0 Å². The SMILES string of the molecule is CC(C)(C)NCc1ccc(S(=O)(=O)N2CCNCC2)o1. The quantitative estimate of drug-likeness (QED) is 0.859. The van der Waals surface area contributed by atoms with Crippen molar-refractivity contribution in [2.24, 2.45) is 0 Å². The maximum atomic E-state index is 12.4. The number of nitrogens with zero attached hydrogens (tertiary/aromatic N) is 1. The number of hydrogen-bond acceptors (Lipinski definition) is 5. The fraction of sp³-hybridized carbons (Fsp3) is 0.692. The average molecular weight is 301 g/mol. The number of piperazine rings is 1. The molecular weight excluding hydrogens is 278 g/mol. The van der Waals surface area contributed by atoms with Crippen LogP contribution in [0.25, 0.3) is 0 Å². The minimum atomic E-state index is -3.50. The predicted molar refractivity (Wildman–Crippen MR) is 76.9 cm³/mol. The lowest BCUT2D eigenvalue weighted by molar-refractivity contribution is 0.329. The monoisotopic (exact) mass is 301 g/mol. The molecule has 7 heteroatoms. The summed E-state index contributed by atoms with van der Waals surface area (Å²) in [5, 5.41) is 6.44. The Bertz CT molecular complexity index is 539. The zero-order chi connectivity index (χ0) is 14.8. The Kier molecular flexibility index (Phi) is 4.53. The van der Waals surface area contributed by atoms with Gasteiger partial charge in [-0.05, 0) is 32.9 Å². The van der Waals surface area contributed by atoms with Crippen LogP contribution in [0.4, 0.5) is 0 Å². The standard InChI is InChI=1S/C13H23N3O3S/c1-13(2,3)15-10-11-4-5-12(19-11)20(17,18)16-8-6-14-7-9-16/h4-5,14-15H,6-10H2,1-3H3. The van der Waals surface area contributed by atoms with E-state index in [9.17, 15) is 8.42 Å². The molecule has 1 aliphatic rings. The summed E-state index contributed by atoms with van der Waals surface area (Å²) in [5.41, 5.74) is -0.0373. The second-order valence-corrected chi connectivity index (χ2v) is 7.85. The summed E-state index contributed by atoms with van der Waals surface area (Å²) >= 11 is 0. The zero-order valence-corrected chi connectivity index (χ0v) is 13.1. The van der Waals surface area contributed by atoms with E-state index in [0.29, 0.717) is 38.5 Å². The van der Waals surface area contributed by atoms with E-state index in [4.69, 9.17) is 4.42 Å². The third-order valence-electron chi connectivity index (χ3n) is 3.10. The maximum absolute atomic E-state index is 12.4. The number of sulfonamides is 1. The Morgan fingerprint density at radius 3 is 2.55 bits per heavy atom. The Labute approximate surface area is 120 Å². The van der Waals surface area contributed by atoms with Crippen molar-refractivity contribution in [3.05, 3.63) is 17.9 Å². The van der Waals surface area contributed by atoms with E-state index in [2.05, 4.69) is 10.6 Å². The van der Waals surface area contributed by atoms with Crippen molar-refractivity contribution in [1.82, 2.24) is 14.9 Å². The molecule has 0 amide bonds. The van der Waals surface area contributed by atoms with Crippen molar-refractivity contribution >= 4 is 10.0 Å². The third kappa shape index (κ3) is 3.82. The van der Waals surface area contributed by atoms with Gasteiger partial charge in [-0.15, -0.1) is 0 Å². The van der Waals surface area contributed by atoms with Crippen molar-refractivity contribution in [2.75, 3.05) is 26.2 Å². The Morgan fingerprint density at radius 1 is 1.30 bits per heavy atom. The average Bonchev–Trinajstić information content (AvgIpc) is 2.86. The van der Waals surface area contributed by atoms with Gasteiger partial charge in [-0.25, -0.2) is 8.42 Å². The summed E-state index contributed by atoms with van der Waals surface area (Å²) in [7, 11) is -3.50. The van der Waals surface area contributed by atoms with Crippen LogP contribution in [0.1, 0.15) is 26.5 Å². The molecule has 1 fully saturated rings. The molecule has 2 N–H and O–H groups in total. The lowest BCUT2D eigenvalue weighted by Gasteiger charge is -2.25. The molecule has 0 radical (unpaired) electrons. The second kappa shape index (κ2) is 5.85. The largest absolute Gasteiger partial charge is 0.447 e. The van der Waals surface area contributed by atoms with E-state index in [1.54, 1.807) is 6.07 Å². The molecule has 0 saturated carbocycles. The lowest BCUT2D eigenvalue weighted by atomic mass is 10.1. The topological polar surface area (TPSA) is 74.6 Å². The van der Waals surface area contributed by atoms with Gasteiger partial charge in [-0.3, -0.25) is 0 Å². The molecule has 1 aromatic rings. The first-order valence-electron chi connectivity index (χ1n) is 6.84. The third-order valence-corrected chi connectivity index (χ3v) is 4.87. The molecule has 0 spiro atoms. The minimum Gasteiger partial charge on any atom is -0.447 e. The van der Waals surface area contributed by atoms with Crippen molar-refractivity contribution in [2.45, 2.75) is 37.9 Å². The van der Waals surface area contributed by atoms with Gasteiger partial charge in [0.1, 0.15) is 5.76 Å². The summed E-state index contributed by atoms with van der Waals surface area (Å²) < 4.78 is 31.7. The van der Waals surface area contributed by atoms with Crippen molar-refractivity contribution in [3.8, 4) is 0 Å². The molecule has 1 aliphatic heterocycles. The molecule has 114 valence electrons. The molecule has 0 aromatic carbocycles. The maximum Gasteiger partial charge on any atom is 0.276 e. The van der Waals surface area contributed by atoms with Gasteiger partial charge in [-0.2, -0.15) is 4.31 Å². The van der Waals surface area contributed by atoms with Crippen molar-refractivity contribution < 1.29 is 12.8 Å². The molecule has 20 heavy (non-hydrogen) atoms. The molecule has 2 rings (SSSR count). The first kappa shape index (κ1) is 15.5. The van der Waals surface area contributed by atoms with Crippen molar-refractivity contribution in [1.29, 1.82) is 0 Å². The highest BCUT2D eigenvalue weighted by molar-refractivity contribution is 7.89. The molecule has 2 heterocycles. The van der Waals surface area contributed by atoms with Gasteiger partial charge in [-0.1, -0.05) is 0 Å². The van der Waals surface area contributed by atoms with Crippen LogP contribution in [0.3, 0.4) is 0 Å². The summed E-state index contributed by atoms with van der Waals surface area (Å²) in [6.45, 7) is 8.99. The van der Waals surface area contributed by atoms with Gasteiger partial charge in [0.05, 0.1) is 6.54 Å². The Morgan fingerprint density at radius 2 is 1.95 bits per heavy atom. The number of nitrogens with one attached hydrogen (secondary N) is 2. The van der Waals surface area contributed by atoms with Gasteiger partial charge in [0, 0.05) is 31.7 Å². The number of hydrogen-bond donors (Lipinski definition) is 2. The Balaban J connectivity index is 2.07. The molecule has 0 bridgehead atoms. The zero-order valence-electron chi connectivity index (χ0n) is 12.3. The van der Waals surface area contributed by atoms with Gasteiger partial charge in [0.2, 0.25) is 5.09 Å². The van der Waals surface area contributed by atoms with Crippen LogP contribution in [0.2, 0.25) is 0 Å². The molecule has 1 saturated heterocycles. The van der Waals surface area contributed by atoms with Gasteiger partial charge in [0.15, 0.2) is 0 Å². The number of furan rings is 1. The van der Waals surface area contributed by atoms with E-state index in [-0.39, 0.29) is 10.6 Å². The highest BCUT2D eigenvalue weighted by Gasteiger charge is 2.28. The van der Waals surface area contributed by atoms with Crippen LogP contribution < -0.4 is 10.6 Å². The predicted octanol–water partition coefficient (Wildman–Crippen LogP) is 0.762. The first-order valence-corrected chi connectivity index (χ1v) is 8.28. The lowest BCUT2D eigenvalue weighted by Crippen LogP contribution is -2.46. The van der Waals surface area contributed by atoms with Gasteiger partial charge < -0.3 is 15.1 Å². The fourth-order valence-corrected chi connectivity index (χ4v) is 3.33.